The van der Waals surface area contributed by atoms with Crippen molar-refractivity contribution >= 4 is 11.8 Å². The number of aromatic nitrogens is 2. The highest BCUT2D eigenvalue weighted by atomic mass is 16.4. The second kappa shape index (κ2) is 2.84. The topological polar surface area (TPSA) is 81.1 Å². The number of aryl methyl sites for hydroxylation is 1. The molecule has 0 fully saturated rings. The Labute approximate surface area is 69.8 Å². The Morgan fingerprint density at radius 3 is 2.67 bits per heavy atom. The molecule has 0 amide bonds. The zero-order chi connectivity index (χ0) is 9.30. The van der Waals surface area contributed by atoms with Crippen LogP contribution >= 0.6 is 0 Å². The molecule has 0 aliphatic rings. The molecule has 0 unspecified atom stereocenters. The number of nitrogen functional groups attached to an aromatic ring is 1. The van der Waals surface area contributed by atoms with E-state index in [1.807, 2.05) is 6.92 Å². The summed E-state index contributed by atoms with van der Waals surface area (Å²) in [7, 11) is 0. The summed E-state index contributed by atoms with van der Waals surface area (Å²) in [6.07, 6.45) is 0. The average molecular weight is 169 g/mol. The van der Waals surface area contributed by atoms with E-state index in [1.165, 1.54) is 0 Å². The monoisotopic (exact) mass is 169 g/mol. The van der Waals surface area contributed by atoms with E-state index in [0.717, 1.165) is 0 Å². The Kier molecular flexibility index (Phi) is 2.03. The highest BCUT2D eigenvalue weighted by Crippen LogP contribution is 2.12. The second-order valence-corrected chi connectivity index (χ2v) is 2.44. The molecule has 1 aromatic rings. The van der Waals surface area contributed by atoms with E-state index in [4.69, 9.17) is 10.8 Å². The van der Waals surface area contributed by atoms with Crippen molar-refractivity contribution in [2.75, 3.05) is 5.73 Å². The molecular weight excluding hydrogens is 158 g/mol. The van der Waals surface area contributed by atoms with Crippen molar-refractivity contribution < 1.29 is 9.90 Å². The Balaban J connectivity index is 3.32. The number of hydrogen-bond donors (Lipinski definition) is 2. The van der Waals surface area contributed by atoms with Gasteiger partial charge < -0.3 is 15.4 Å². The van der Waals surface area contributed by atoms with Crippen molar-refractivity contribution in [2.45, 2.75) is 20.4 Å². The van der Waals surface area contributed by atoms with Crippen LogP contribution in [0.1, 0.15) is 23.2 Å². The van der Waals surface area contributed by atoms with Crippen molar-refractivity contribution in [3.05, 3.63) is 11.5 Å². The van der Waals surface area contributed by atoms with Crippen LogP contribution in [0.3, 0.4) is 0 Å². The minimum absolute atomic E-state index is 0.0787. The molecule has 0 saturated carbocycles. The van der Waals surface area contributed by atoms with Gasteiger partial charge in [0.1, 0.15) is 5.82 Å². The van der Waals surface area contributed by atoms with Gasteiger partial charge in [0.25, 0.3) is 0 Å². The molecule has 3 N–H and O–H groups in total. The molecule has 0 aromatic carbocycles. The van der Waals surface area contributed by atoms with Gasteiger partial charge in [0.2, 0.25) is 0 Å². The number of carbonyl (C=O) groups is 1. The summed E-state index contributed by atoms with van der Waals surface area (Å²) in [4.78, 5) is 14.5. The first-order valence-corrected chi connectivity index (χ1v) is 3.63. The van der Waals surface area contributed by atoms with Gasteiger partial charge >= 0.3 is 5.97 Å². The zero-order valence-corrected chi connectivity index (χ0v) is 7.03. The lowest BCUT2D eigenvalue weighted by atomic mass is 10.4. The van der Waals surface area contributed by atoms with Crippen molar-refractivity contribution in [3.63, 3.8) is 0 Å². The summed E-state index contributed by atoms with van der Waals surface area (Å²) in [5.41, 5.74) is 5.48. The number of carboxylic acids is 1. The Hall–Kier alpha value is -1.52. The number of imidazole rings is 1. The maximum absolute atomic E-state index is 10.7. The second-order valence-electron chi connectivity index (χ2n) is 2.44. The van der Waals surface area contributed by atoms with Gasteiger partial charge in [-0.05, 0) is 13.8 Å². The average Bonchev–Trinajstić information content (AvgIpc) is 2.24. The summed E-state index contributed by atoms with van der Waals surface area (Å²) in [5, 5.41) is 8.75. The number of nitrogens with zero attached hydrogens (tertiary/aromatic N) is 2. The van der Waals surface area contributed by atoms with E-state index >= 15 is 0 Å². The molecule has 66 valence electrons. The number of hydrogen-bond acceptors (Lipinski definition) is 3. The van der Waals surface area contributed by atoms with Gasteiger partial charge in [-0.3, -0.25) is 0 Å². The Bertz CT molecular complexity index is 317. The molecular formula is C7H11N3O2. The van der Waals surface area contributed by atoms with Crippen LogP contribution in [-0.4, -0.2) is 20.6 Å². The van der Waals surface area contributed by atoms with Crippen LogP contribution in [0.25, 0.3) is 0 Å². The molecule has 5 nitrogen and oxygen atoms in total. The molecule has 0 atom stereocenters. The third kappa shape index (κ3) is 1.13. The smallest absolute Gasteiger partial charge is 0.356 e. The fourth-order valence-corrected chi connectivity index (χ4v) is 1.20. The minimum atomic E-state index is -1.03. The standard InChI is InChI=1S/C7H11N3O2/c1-3-10-4(2)9-6(8)5(10)7(11)12/h3,8H2,1-2H3,(H,11,12). The van der Waals surface area contributed by atoms with Gasteiger partial charge in [0.15, 0.2) is 11.5 Å². The lowest BCUT2D eigenvalue weighted by Gasteiger charge is -2.02. The molecule has 0 bridgehead atoms. The number of anilines is 1. The highest BCUT2D eigenvalue weighted by molar-refractivity contribution is 5.90. The van der Waals surface area contributed by atoms with Crippen molar-refractivity contribution in [2.24, 2.45) is 0 Å². The highest BCUT2D eigenvalue weighted by Gasteiger charge is 2.16. The molecule has 12 heavy (non-hydrogen) atoms. The van der Waals surface area contributed by atoms with Crippen LogP contribution in [0.5, 0.6) is 0 Å². The van der Waals surface area contributed by atoms with Crippen molar-refractivity contribution in [3.8, 4) is 0 Å². The van der Waals surface area contributed by atoms with Gasteiger partial charge in [0.05, 0.1) is 0 Å². The quantitative estimate of drug-likeness (QED) is 0.675. The van der Waals surface area contributed by atoms with E-state index < -0.39 is 5.97 Å². The lowest BCUT2D eigenvalue weighted by molar-refractivity contribution is 0.0686. The van der Waals surface area contributed by atoms with Gasteiger partial charge in [0, 0.05) is 6.54 Å². The van der Waals surface area contributed by atoms with Crippen LogP contribution in [-0.2, 0) is 6.54 Å². The molecule has 0 radical (unpaired) electrons. The fraction of sp³-hybridized carbons (Fsp3) is 0.429. The Morgan fingerprint density at radius 2 is 2.33 bits per heavy atom. The summed E-state index contributed by atoms with van der Waals surface area (Å²) >= 11 is 0. The van der Waals surface area contributed by atoms with Crippen LogP contribution in [0.2, 0.25) is 0 Å². The maximum atomic E-state index is 10.7. The molecule has 0 spiro atoms. The normalized spacial score (nSPS) is 10.2. The van der Waals surface area contributed by atoms with E-state index in [1.54, 1.807) is 11.5 Å². The van der Waals surface area contributed by atoms with E-state index in [9.17, 15) is 4.79 Å². The van der Waals surface area contributed by atoms with Gasteiger partial charge in [-0.2, -0.15) is 0 Å². The zero-order valence-electron chi connectivity index (χ0n) is 7.03. The fourth-order valence-electron chi connectivity index (χ4n) is 1.20. The SMILES string of the molecule is CCn1c(C)nc(N)c1C(=O)O. The van der Waals surface area contributed by atoms with Crippen LogP contribution in [0, 0.1) is 6.92 Å². The van der Waals surface area contributed by atoms with Crippen LogP contribution < -0.4 is 5.73 Å². The molecule has 0 saturated heterocycles. The summed E-state index contributed by atoms with van der Waals surface area (Å²) < 4.78 is 1.57. The van der Waals surface area contributed by atoms with Crippen LogP contribution in [0.15, 0.2) is 0 Å². The number of nitrogens with two attached hydrogens (primary N) is 1. The maximum Gasteiger partial charge on any atom is 0.356 e. The molecule has 1 heterocycles. The molecule has 0 aliphatic carbocycles. The third-order valence-electron chi connectivity index (χ3n) is 1.70. The predicted octanol–water partition coefficient (Wildman–Crippen LogP) is 0.492. The Morgan fingerprint density at radius 1 is 1.75 bits per heavy atom. The summed E-state index contributed by atoms with van der Waals surface area (Å²) in [6, 6.07) is 0. The van der Waals surface area contributed by atoms with Crippen molar-refractivity contribution in [1.29, 1.82) is 0 Å². The number of rotatable bonds is 2. The van der Waals surface area contributed by atoms with E-state index in [-0.39, 0.29) is 11.5 Å². The molecule has 0 aliphatic heterocycles. The van der Waals surface area contributed by atoms with E-state index in [2.05, 4.69) is 4.98 Å². The molecule has 5 heteroatoms. The minimum Gasteiger partial charge on any atom is -0.476 e. The molecule has 1 aromatic heterocycles. The third-order valence-corrected chi connectivity index (χ3v) is 1.70. The van der Waals surface area contributed by atoms with Crippen LogP contribution in [0.4, 0.5) is 5.82 Å². The summed E-state index contributed by atoms with van der Waals surface area (Å²) in [5.74, 6) is -0.316. The van der Waals surface area contributed by atoms with Gasteiger partial charge in [-0.1, -0.05) is 0 Å². The van der Waals surface area contributed by atoms with Gasteiger partial charge in [-0.15, -0.1) is 0 Å². The lowest BCUT2D eigenvalue weighted by Crippen LogP contribution is -2.10. The van der Waals surface area contributed by atoms with Crippen molar-refractivity contribution in [1.82, 2.24) is 9.55 Å². The van der Waals surface area contributed by atoms with E-state index in [0.29, 0.717) is 12.4 Å². The largest absolute Gasteiger partial charge is 0.476 e. The summed E-state index contributed by atoms with van der Waals surface area (Å²) in [6.45, 7) is 4.14. The predicted molar refractivity (Wildman–Crippen MR) is 44.0 cm³/mol. The first kappa shape index (κ1) is 8.58. The molecule has 1 rings (SSSR count). The first-order valence-electron chi connectivity index (χ1n) is 3.63. The van der Waals surface area contributed by atoms with Gasteiger partial charge in [-0.25, -0.2) is 9.78 Å². The number of aromatic carboxylic acids is 1. The number of carboxylic acid groups (broad SMARTS) is 1. The first-order chi connectivity index (χ1) is 5.57.